The van der Waals surface area contributed by atoms with Gasteiger partial charge in [-0.2, -0.15) is 0 Å². The lowest BCUT2D eigenvalue weighted by atomic mass is 10.0. The summed E-state index contributed by atoms with van der Waals surface area (Å²) in [6, 6.07) is 17.2. The van der Waals surface area contributed by atoms with Gasteiger partial charge in [0.05, 0.1) is 6.67 Å². The highest BCUT2D eigenvalue weighted by molar-refractivity contribution is 5.71. The van der Waals surface area contributed by atoms with Crippen LogP contribution in [0, 0.1) is 6.92 Å². The van der Waals surface area contributed by atoms with Gasteiger partial charge in [0.2, 0.25) is 0 Å². The third-order valence-electron chi connectivity index (χ3n) is 3.50. The summed E-state index contributed by atoms with van der Waals surface area (Å²) in [6.45, 7) is 3.08. The second kappa shape index (κ2) is 4.81. The maximum absolute atomic E-state index is 2.28. The molecule has 1 aliphatic rings. The molecule has 19 heavy (non-hydrogen) atoms. The summed E-state index contributed by atoms with van der Waals surface area (Å²) < 4.78 is 0. The van der Waals surface area contributed by atoms with Crippen molar-refractivity contribution in [1.29, 1.82) is 0 Å². The van der Waals surface area contributed by atoms with Crippen molar-refractivity contribution in [2.24, 2.45) is 0 Å². The van der Waals surface area contributed by atoms with Crippen molar-refractivity contribution in [1.82, 2.24) is 4.90 Å². The standard InChI is InChI=1S/C17H18N2/c1-14-8-9-16(15-6-4-3-5-7-15)12-17(14)19-11-10-18(2)13-19/h3-12H,13H2,1-2H3. The van der Waals surface area contributed by atoms with Crippen LogP contribution in [0.2, 0.25) is 0 Å². The average Bonchev–Trinajstić information content (AvgIpc) is 2.87. The van der Waals surface area contributed by atoms with Crippen LogP contribution in [0.25, 0.3) is 11.1 Å². The lowest BCUT2D eigenvalue weighted by Crippen LogP contribution is -2.22. The van der Waals surface area contributed by atoms with Gasteiger partial charge in [-0.25, -0.2) is 0 Å². The van der Waals surface area contributed by atoms with Crippen molar-refractivity contribution in [3.8, 4) is 11.1 Å². The summed E-state index contributed by atoms with van der Waals surface area (Å²) in [7, 11) is 2.09. The van der Waals surface area contributed by atoms with E-state index in [-0.39, 0.29) is 0 Å². The van der Waals surface area contributed by atoms with Crippen LogP contribution in [-0.4, -0.2) is 18.6 Å². The Morgan fingerprint density at radius 3 is 2.37 bits per heavy atom. The minimum atomic E-state index is 0.916. The molecule has 0 radical (unpaired) electrons. The lowest BCUT2D eigenvalue weighted by Gasteiger charge is -2.21. The molecular weight excluding hydrogens is 232 g/mol. The van der Waals surface area contributed by atoms with Gasteiger partial charge in [0.1, 0.15) is 0 Å². The number of anilines is 1. The second-order valence-electron chi connectivity index (χ2n) is 5.03. The van der Waals surface area contributed by atoms with Crippen molar-refractivity contribution < 1.29 is 0 Å². The Hall–Kier alpha value is -2.22. The number of rotatable bonds is 2. The van der Waals surface area contributed by atoms with E-state index in [2.05, 4.69) is 84.7 Å². The molecule has 2 heteroatoms. The first-order chi connectivity index (χ1) is 9.24. The molecule has 0 fully saturated rings. The van der Waals surface area contributed by atoms with Gasteiger partial charge in [-0.3, -0.25) is 0 Å². The van der Waals surface area contributed by atoms with Gasteiger partial charge in [0.15, 0.2) is 0 Å². The number of hydrogen-bond donors (Lipinski definition) is 0. The number of hydrogen-bond acceptors (Lipinski definition) is 2. The summed E-state index contributed by atoms with van der Waals surface area (Å²) in [6.07, 6.45) is 4.24. The molecule has 2 aromatic rings. The molecule has 0 spiro atoms. The zero-order valence-corrected chi connectivity index (χ0v) is 11.4. The van der Waals surface area contributed by atoms with Crippen molar-refractivity contribution in [3.05, 3.63) is 66.5 Å². The number of nitrogens with zero attached hydrogens (tertiary/aromatic N) is 2. The fraction of sp³-hybridized carbons (Fsp3) is 0.176. The molecule has 3 rings (SSSR count). The summed E-state index contributed by atoms with van der Waals surface area (Å²) in [5, 5.41) is 0. The summed E-state index contributed by atoms with van der Waals surface area (Å²) in [5.41, 5.74) is 5.12. The SMILES string of the molecule is Cc1ccc(-c2ccccc2)cc1N1C=CN(C)C1. The largest absolute Gasteiger partial charge is 0.361 e. The van der Waals surface area contributed by atoms with E-state index in [0.29, 0.717) is 0 Å². The third kappa shape index (κ3) is 2.34. The molecule has 0 saturated heterocycles. The smallest absolute Gasteiger partial charge is 0.0939 e. The molecule has 1 heterocycles. The molecule has 0 atom stereocenters. The van der Waals surface area contributed by atoms with E-state index in [4.69, 9.17) is 0 Å². The monoisotopic (exact) mass is 250 g/mol. The Labute approximate surface area is 114 Å². The Bertz CT molecular complexity index is 602. The van der Waals surface area contributed by atoms with Gasteiger partial charge in [-0.1, -0.05) is 42.5 Å². The molecule has 0 N–H and O–H groups in total. The van der Waals surface area contributed by atoms with Crippen LogP contribution >= 0.6 is 0 Å². The van der Waals surface area contributed by atoms with Crippen LogP contribution in [0.5, 0.6) is 0 Å². The predicted octanol–water partition coefficient (Wildman–Crippen LogP) is 3.84. The third-order valence-corrected chi connectivity index (χ3v) is 3.50. The molecule has 0 unspecified atom stereocenters. The van der Waals surface area contributed by atoms with Gasteiger partial charge >= 0.3 is 0 Å². The molecule has 0 aromatic heterocycles. The highest BCUT2D eigenvalue weighted by atomic mass is 15.3. The fourth-order valence-electron chi connectivity index (χ4n) is 2.41. The second-order valence-corrected chi connectivity index (χ2v) is 5.03. The molecular formula is C17H18N2. The Balaban J connectivity index is 1.99. The summed E-state index contributed by atoms with van der Waals surface area (Å²) in [4.78, 5) is 4.45. The van der Waals surface area contributed by atoms with Crippen LogP contribution in [0.4, 0.5) is 5.69 Å². The van der Waals surface area contributed by atoms with E-state index >= 15 is 0 Å². The maximum Gasteiger partial charge on any atom is 0.0939 e. The maximum atomic E-state index is 2.28. The topological polar surface area (TPSA) is 6.48 Å². The van der Waals surface area contributed by atoms with Gasteiger partial charge in [-0.05, 0) is 29.7 Å². The highest BCUT2D eigenvalue weighted by Crippen LogP contribution is 2.29. The molecule has 0 amide bonds. The first-order valence-electron chi connectivity index (χ1n) is 6.55. The highest BCUT2D eigenvalue weighted by Gasteiger charge is 2.13. The molecule has 2 nitrogen and oxygen atoms in total. The quantitative estimate of drug-likeness (QED) is 0.799. The lowest BCUT2D eigenvalue weighted by molar-refractivity contribution is 0.495. The van der Waals surface area contributed by atoms with Crippen molar-refractivity contribution in [3.63, 3.8) is 0 Å². The van der Waals surface area contributed by atoms with Crippen molar-refractivity contribution >= 4 is 5.69 Å². The predicted molar refractivity (Wildman–Crippen MR) is 80.9 cm³/mol. The van der Waals surface area contributed by atoms with Crippen LogP contribution in [-0.2, 0) is 0 Å². The van der Waals surface area contributed by atoms with Gasteiger partial charge in [0.25, 0.3) is 0 Å². The van der Waals surface area contributed by atoms with Crippen LogP contribution in [0.15, 0.2) is 60.9 Å². The molecule has 1 aliphatic heterocycles. The number of benzene rings is 2. The van der Waals surface area contributed by atoms with Crippen LogP contribution in [0.1, 0.15) is 5.56 Å². The van der Waals surface area contributed by atoms with E-state index in [1.807, 2.05) is 0 Å². The first-order valence-corrected chi connectivity index (χ1v) is 6.55. The van der Waals surface area contributed by atoms with Gasteiger partial charge in [-0.15, -0.1) is 0 Å². The minimum Gasteiger partial charge on any atom is -0.361 e. The average molecular weight is 250 g/mol. The van der Waals surface area contributed by atoms with Gasteiger partial charge < -0.3 is 9.80 Å². The van der Waals surface area contributed by atoms with E-state index in [1.165, 1.54) is 22.4 Å². The zero-order valence-electron chi connectivity index (χ0n) is 11.4. The normalized spacial score (nSPS) is 14.2. The Kier molecular flexibility index (Phi) is 3.00. The molecule has 2 aromatic carbocycles. The molecule has 0 bridgehead atoms. The molecule has 96 valence electrons. The van der Waals surface area contributed by atoms with Crippen LogP contribution < -0.4 is 4.90 Å². The van der Waals surface area contributed by atoms with E-state index < -0.39 is 0 Å². The van der Waals surface area contributed by atoms with Crippen LogP contribution in [0.3, 0.4) is 0 Å². The fourth-order valence-corrected chi connectivity index (χ4v) is 2.41. The molecule has 0 saturated carbocycles. The van der Waals surface area contributed by atoms with E-state index in [1.54, 1.807) is 0 Å². The summed E-state index contributed by atoms with van der Waals surface area (Å²) >= 11 is 0. The van der Waals surface area contributed by atoms with Crippen molar-refractivity contribution in [2.45, 2.75) is 6.92 Å². The van der Waals surface area contributed by atoms with Gasteiger partial charge in [0, 0.05) is 25.1 Å². The Morgan fingerprint density at radius 2 is 1.68 bits per heavy atom. The van der Waals surface area contributed by atoms with E-state index in [9.17, 15) is 0 Å². The summed E-state index contributed by atoms with van der Waals surface area (Å²) in [5.74, 6) is 0. The zero-order chi connectivity index (χ0) is 13.2. The number of aryl methyl sites for hydroxylation is 1. The minimum absolute atomic E-state index is 0.916. The molecule has 0 aliphatic carbocycles. The van der Waals surface area contributed by atoms with Crippen molar-refractivity contribution in [2.75, 3.05) is 18.6 Å². The van der Waals surface area contributed by atoms with E-state index in [0.717, 1.165) is 6.67 Å². The first kappa shape index (κ1) is 11.8. The Morgan fingerprint density at radius 1 is 0.895 bits per heavy atom.